The lowest BCUT2D eigenvalue weighted by molar-refractivity contribution is -0.121. The molecule has 4 rings (SSSR count). The molecule has 0 radical (unpaired) electrons. The smallest absolute Gasteiger partial charge is 0.227 e. The number of nitrogens with zero attached hydrogens (tertiary/aromatic N) is 1. The normalized spacial score (nSPS) is 19.8. The van der Waals surface area contributed by atoms with Crippen LogP contribution in [0.3, 0.4) is 0 Å². The number of hydrogen-bond donors (Lipinski definition) is 1. The zero-order valence-electron chi connectivity index (χ0n) is 17.1. The number of nitrogens with one attached hydrogen (secondary N) is 1. The second kappa shape index (κ2) is 8.67. The third-order valence-corrected chi connectivity index (χ3v) is 6.39. The van der Waals surface area contributed by atoms with Crippen LogP contribution in [0.15, 0.2) is 54.7 Å². The number of carbonyl (C=O) groups is 1. The minimum atomic E-state index is -0.231. The van der Waals surface area contributed by atoms with Gasteiger partial charge in [-0.2, -0.15) is 0 Å². The molecule has 1 fully saturated rings. The van der Waals surface area contributed by atoms with Gasteiger partial charge in [0.25, 0.3) is 0 Å². The van der Waals surface area contributed by atoms with Gasteiger partial charge in [0.05, 0.1) is 5.52 Å². The molecule has 2 aromatic carbocycles. The standard InChI is InChI=1S/C26H25FN2O/c1-3-18-4-11-22(12-5-18)29-26(30)17(2)19-6-8-20(9-7-19)23-14-15-28-25-13-10-21(27)16-24(23)25/h1,4-5,10-17,19-20H,6-9H2,2H3,(H,29,30)/t17-,19-,20-/m1/s1. The number of carbonyl (C=O) groups excluding carboxylic acids is 1. The van der Waals surface area contributed by atoms with Crippen LogP contribution in [0.1, 0.15) is 49.7 Å². The molecule has 1 heterocycles. The highest BCUT2D eigenvalue weighted by molar-refractivity contribution is 5.92. The van der Waals surface area contributed by atoms with Crippen molar-refractivity contribution in [2.24, 2.45) is 11.8 Å². The quantitative estimate of drug-likeness (QED) is 0.554. The zero-order chi connectivity index (χ0) is 21.1. The maximum Gasteiger partial charge on any atom is 0.227 e. The van der Waals surface area contributed by atoms with Crippen LogP contribution < -0.4 is 5.32 Å². The Labute approximate surface area is 176 Å². The minimum Gasteiger partial charge on any atom is -0.326 e. The van der Waals surface area contributed by atoms with E-state index < -0.39 is 0 Å². The van der Waals surface area contributed by atoms with E-state index in [4.69, 9.17) is 6.42 Å². The van der Waals surface area contributed by atoms with E-state index in [0.717, 1.165) is 47.8 Å². The lowest BCUT2D eigenvalue weighted by Crippen LogP contribution is -2.29. The lowest BCUT2D eigenvalue weighted by Gasteiger charge is -2.32. The fourth-order valence-corrected chi connectivity index (χ4v) is 4.55. The van der Waals surface area contributed by atoms with Gasteiger partial charge in [-0.25, -0.2) is 4.39 Å². The molecule has 0 unspecified atom stereocenters. The second-order valence-corrected chi connectivity index (χ2v) is 8.17. The molecule has 0 saturated heterocycles. The van der Waals surface area contributed by atoms with E-state index in [-0.39, 0.29) is 17.6 Å². The lowest BCUT2D eigenvalue weighted by atomic mass is 9.73. The molecule has 30 heavy (non-hydrogen) atoms. The van der Waals surface area contributed by atoms with E-state index in [1.54, 1.807) is 12.1 Å². The Morgan fingerprint density at radius 3 is 2.57 bits per heavy atom. The average molecular weight is 400 g/mol. The van der Waals surface area contributed by atoms with E-state index in [2.05, 4.69) is 16.2 Å². The summed E-state index contributed by atoms with van der Waals surface area (Å²) in [6.07, 6.45) is 11.1. The average Bonchev–Trinajstić information content (AvgIpc) is 2.78. The molecule has 3 aromatic rings. The Morgan fingerprint density at radius 1 is 1.13 bits per heavy atom. The summed E-state index contributed by atoms with van der Waals surface area (Å²) in [5.74, 6) is 3.04. The predicted molar refractivity (Wildman–Crippen MR) is 119 cm³/mol. The van der Waals surface area contributed by atoms with Crippen molar-refractivity contribution in [2.45, 2.75) is 38.5 Å². The van der Waals surface area contributed by atoms with Crippen molar-refractivity contribution in [3.63, 3.8) is 0 Å². The molecule has 0 bridgehead atoms. The van der Waals surface area contributed by atoms with Crippen LogP contribution in [0.25, 0.3) is 10.9 Å². The number of fused-ring (bicyclic) bond motifs is 1. The molecule has 4 heteroatoms. The van der Waals surface area contributed by atoms with Gasteiger partial charge < -0.3 is 5.32 Å². The highest BCUT2D eigenvalue weighted by Crippen LogP contribution is 2.41. The highest BCUT2D eigenvalue weighted by Gasteiger charge is 2.30. The number of terminal acetylenes is 1. The number of amides is 1. The fraction of sp³-hybridized carbons (Fsp3) is 0.308. The molecule has 1 atom stereocenters. The molecule has 1 aliphatic carbocycles. The largest absolute Gasteiger partial charge is 0.326 e. The van der Waals surface area contributed by atoms with Crippen LogP contribution in [-0.4, -0.2) is 10.9 Å². The topological polar surface area (TPSA) is 42.0 Å². The maximum absolute atomic E-state index is 13.8. The van der Waals surface area contributed by atoms with Gasteiger partial charge in [0.2, 0.25) is 5.91 Å². The first kappa shape index (κ1) is 20.1. The first-order chi connectivity index (χ1) is 14.5. The summed E-state index contributed by atoms with van der Waals surface area (Å²) >= 11 is 0. The number of pyridine rings is 1. The van der Waals surface area contributed by atoms with Crippen LogP contribution in [0, 0.1) is 30.0 Å². The van der Waals surface area contributed by atoms with E-state index >= 15 is 0 Å². The number of rotatable bonds is 4. The van der Waals surface area contributed by atoms with Gasteiger partial charge in [-0.05, 0) is 91.6 Å². The Kier molecular flexibility index (Phi) is 5.81. The predicted octanol–water partition coefficient (Wildman–Crippen LogP) is 5.90. The molecule has 1 saturated carbocycles. The van der Waals surface area contributed by atoms with Crippen molar-refractivity contribution in [3.8, 4) is 12.3 Å². The van der Waals surface area contributed by atoms with Gasteiger partial charge in [-0.15, -0.1) is 6.42 Å². The Morgan fingerprint density at radius 2 is 1.87 bits per heavy atom. The summed E-state index contributed by atoms with van der Waals surface area (Å²) in [5.41, 5.74) is 3.57. The minimum absolute atomic E-state index is 0.0448. The second-order valence-electron chi connectivity index (χ2n) is 8.17. The molecule has 0 aliphatic heterocycles. The summed E-state index contributed by atoms with van der Waals surface area (Å²) in [6.45, 7) is 2.01. The van der Waals surface area contributed by atoms with Crippen LogP contribution in [0.2, 0.25) is 0 Å². The maximum atomic E-state index is 13.8. The third-order valence-electron chi connectivity index (χ3n) is 6.39. The van der Waals surface area contributed by atoms with Gasteiger partial charge in [0.15, 0.2) is 0 Å². The van der Waals surface area contributed by atoms with Crippen molar-refractivity contribution in [3.05, 3.63) is 71.7 Å². The molecule has 1 aromatic heterocycles. The Balaban J connectivity index is 1.40. The van der Waals surface area contributed by atoms with Crippen molar-refractivity contribution >= 4 is 22.5 Å². The zero-order valence-corrected chi connectivity index (χ0v) is 17.1. The van der Waals surface area contributed by atoms with Gasteiger partial charge in [0, 0.05) is 28.8 Å². The SMILES string of the molecule is C#Cc1ccc(NC(=O)[C@H](C)[C@H]2CC[C@H](c3ccnc4ccc(F)cc43)CC2)cc1. The summed E-state index contributed by atoms with van der Waals surface area (Å²) < 4.78 is 13.8. The van der Waals surface area contributed by atoms with Crippen LogP contribution >= 0.6 is 0 Å². The molecule has 1 amide bonds. The van der Waals surface area contributed by atoms with Gasteiger partial charge >= 0.3 is 0 Å². The number of halogens is 1. The highest BCUT2D eigenvalue weighted by atomic mass is 19.1. The van der Waals surface area contributed by atoms with Crippen molar-refractivity contribution in [2.75, 3.05) is 5.32 Å². The molecule has 1 aliphatic rings. The van der Waals surface area contributed by atoms with Crippen molar-refractivity contribution in [1.29, 1.82) is 0 Å². The van der Waals surface area contributed by atoms with Crippen LogP contribution in [0.5, 0.6) is 0 Å². The van der Waals surface area contributed by atoms with Gasteiger partial charge in [-0.1, -0.05) is 12.8 Å². The van der Waals surface area contributed by atoms with E-state index in [1.807, 2.05) is 43.5 Å². The Bertz CT molecular complexity index is 1090. The molecule has 3 nitrogen and oxygen atoms in total. The molecule has 152 valence electrons. The van der Waals surface area contributed by atoms with Crippen molar-refractivity contribution in [1.82, 2.24) is 4.98 Å². The number of hydrogen-bond acceptors (Lipinski definition) is 2. The number of benzene rings is 2. The first-order valence-corrected chi connectivity index (χ1v) is 10.5. The summed E-state index contributed by atoms with van der Waals surface area (Å²) in [6, 6.07) is 14.1. The van der Waals surface area contributed by atoms with Gasteiger partial charge in [-0.3, -0.25) is 9.78 Å². The van der Waals surface area contributed by atoms with Crippen LogP contribution in [-0.2, 0) is 4.79 Å². The summed E-state index contributed by atoms with van der Waals surface area (Å²) in [4.78, 5) is 17.1. The van der Waals surface area contributed by atoms with E-state index in [0.29, 0.717) is 11.8 Å². The third kappa shape index (κ3) is 4.21. The molecular weight excluding hydrogens is 375 g/mol. The number of anilines is 1. The van der Waals surface area contributed by atoms with E-state index in [1.165, 1.54) is 11.6 Å². The fourth-order valence-electron chi connectivity index (χ4n) is 4.55. The van der Waals surface area contributed by atoms with Crippen molar-refractivity contribution < 1.29 is 9.18 Å². The summed E-state index contributed by atoms with van der Waals surface area (Å²) in [5, 5.41) is 3.91. The van der Waals surface area contributed by atoms with Gasteiger partial charge in [0.1, 0.15) is 5.82 Å². The molecule has 0 spiro atoms. The molecule has 1 N–H and O–H groups in total. The summed E-state index contributed by atoms with van der Waals surface area (Å²) in [7, 11) is 0. The Hall–Kier alpha value is -3.19. The first-order valence-electron chi connectivity index (χ1n) is 10.5. The van der Waals surface area contributed by atoms with E-state index in [9.17, 15) is 9.18 Å². The monoisotopic (exact) mass is 400 g/mol. The number of aromatic nitrogens is 1. The molecular formula is C26H25FN2O. The van der Waals surface area contributed by atoms with Crippen LogP contribution in [0.4, 0.5) is 10.1 Å².